The summed E-state index contributed by atoms with van der Waals surface area (Å²) in [7, 11) is 0. The number of aliphatic hydroxyl groups excluding tert-OH is 1. The highest BCUT2D eigenvalue weighted by molar-refractivity contribution is 5.79. The van der Waals surface area contributed by atoms with Gasteiger partial charge in [-0.2, -0.15) is 57.1 Å². The number of aliphatic carboxylic acids is 1. The number of nitrogens with one attached hydrogen (secondary N) is 1. The summed E-state index contributed by atoms with van der Waals surface area (Å²) in [6.07, 6.45) is -12.5. The van der Waals surface area contributed by atoms with E-state index in [1.807, 2.05) is 0 Å². The van der Waals surface area contributed by atoms with Gasteiger partial charge in [-0.25, -0.2) is 9.59 Å². The van der Waals surface area contributed by atoms with Crippen molar-refractivity contribution in [2.45, 2.75) is 61.3 Å². The Kier molecular flexibility index (Phi) is 9.57. The quantitative estimate of drug-likeness (QED) is 0.300. The maximum absolute atomic E-state index is 13.9. The fraction of sp³-hybridized carbons (Fsp3) is 0.579. The fourth-order valence-electron chi connectivity index (χ4n) is 2.58. The molecule has 3 N–H and O–H groups in total. The first-order valence-electron chi connectivity index (χ1n) is 9.77. The molecule has 0 aliphatic heterocycles. The van der Waals surface area contributed by atoms with Gasteiger partial charge < -0.3 is 20.3 Å². The van der Waals surface area contributed by atoms with Gasteiger partial charge in [0.15, 0.2) is 6.04 Å². The third kappa shape index (κ3) is 6.35. The Hall–Kier alpha value is -2.99. The molecule has 0 unspecified atom stereocenters. The van der Waals surface area contributed by atoms with Crippen LogP contribution in [0.4, 0.5) is 61.9 Å². The number of hydrogen-bond acceptors (Lipinski definition) is 4. The van der Waals surface area contributed by atoms with E-state index in [1.54, 1.807) is 5.32 Å². The van der Waals surface area contributed by atoms with Crippen molar-refractivity contribution in [3.05, 3.63) is 35.4 Å². The van der Waals surface area contributed by atoms with Crippen LogP contribution < -0.4 is 5.32 Å². The third-order valence-electron chi connectivity index (χ3n) is 4.89. The minimum absolute atomic E-state index is 0.0671. The van der Waals surface area contributed by atoms with Crippen molar-refractivity contribution in [3.8, 4) is 0 Å². The van der Waals surface area contributed by atoms with Gasteiger partial charge in [0.05, 0.1) is 6.61 Å². The van der Waals surface area contributed by atoms with Crippen LogP contribution >= 0.6 is 0 Å². The average Bonchev–Trinajstić information content (AvgIpc) is 2.79. The number of benzene rings is 1. The van der Waals surface area contributed by atoms with Crippen molar-refractivity contribution < 1.29 is 81.6 Å². The molecular formula is C19H16F13NO5. The van der Waals surface area contributed by atoms with Gasteiger partial charge >= 0.3 is 47.9 Å². The van der Waals surface area contributed by atoms with E-state index in [4.69, 9.17) is 10.2 Å². The van der Waals surface area contributed by atoms with Crippen LogP contribution in [0.2, 0.25) is 0 Å². The van der Waals surface area contributed by atoms with Gasteiger partial charge in [0.25, 0.3) is 0 Å². The highest BCUT2D eigenvalue weighted by Crippen LogP contribution is 2.60. The minimum atomic E-state index is -7.96. The van der Waals surface area contributed by atoms with Crippen molar-refractivity contribution >= 4 is 12.1 Å². The van der Waals surface area contributed by atoms with Crippen LogP contribution in [0.5, 0.6) is 0 Å². The van der Waals surface area contributed by atoms with E-state index in [1.165, 1.54) is 0 Å². The summed E-state index contributed by atoms with van der Waals surface area (Å²) in [4.78, 5) is 22.1. The summed E-state index contributed by atoms with van der Waals surface area (Å²) in [5, 5.41) is 19.2. The molecule has 1 atom stereocenters. The van der Waals surface area contributed by atoms with Crippen LogP contribution in [0.25, 0.3) is 0 Å². The van der Waals surface area contributed by atoms with Crippen LogP contribution in [0, 0.1) is 0 Å². The van der Waals surface area contributed by atoms with Gasteiger partial charge in [0.2, 0.25) is 0 Å². The summed E-state index contributed by atoms with van der Waals surface area (Å²) in [5.41, 5.74) is -0.284. The van der Waals surface area contributed by atoms with Gasteiger partial charge in [0.1, 0.15) is 6.61 Å². The smallest absolute Gasteiger partial charge is 0.460 e. The molecule has 0 saturated carbocycles. The van der Waals surface area contributed by atoms with Crippen molar-refractivity contribution in [1.29, 1.82) is 0 Å². The summed E-state index contributed by atoms with van der Waals surface area (Å²) in [6, 6.07) is 2.06. The number of alkyl halides is 13. The van der Waals surface area contributed by atoms with Gasteiger partial charge in [-0.3, -0.25) is 0 Å². The summed E-state index contributed by atoms with van der Waals surface area (Å²) >= 11 is 0. The number of ether oxygens (including phenoxy) is 1. The molecule has 0 fully saturated rings. The molecule has 0 spiro atoms. The molecule has 38 heavy (non-hydrogen) atoms. The van der Waals surface area contributed by atoms with E-state index >= 15 is 0 Å². The number of aryl methyl sites for hydroxylation is 1. The van der Waals surface area contributed by atoms with Crippen LogP contribution in [-0.2, 0) is 22.6 Å². The molecule has 1 aromatic rings. The second-order valence-corrected chi connectivity index (χ2v) is 7.61. The van der Waals surface area contributed by atoms with E-state index < -0.39 is 79.9 Å². The maximum atomic E-state index is 13.9. The number of carbonyl (C=O) groups is 2. The number of hydrogen-bond donors (Lipinski definition) is 3. The molecule has 1 aromatic carbocycles. The summed E-state index contributed by atoms with van der Waals surface area (Å²) in [5.74, 6) is -38.8. The van der Waals surface area contributed by atoms with Crippen LogP contribution in [0.15, 0.2) is 24.3 Å². The molecule has 0 aliphatic carbocycles. The molecule has 0 saturated heterocycles. The lowest BCUT2D eigenvalue weighted by Gasteiger charge is -2.39. The SMILES string of the molecule is O=C(N[C@H](CO)C(=O)O)OCc1ccc(CCC(F)(F)C(F)(F)C(F)(F)C(F)(F)C(F)(F)C(F)(F)F)cc1. The first kappa shape index (κ1) is 33.0. The Morgan fingerprint density at radius 2 is 1.21 bits per heavy atom. The minimum Gasteiger partial charge on any atom is -0.480 e. The molecule has 0 aliphatic rings. The highest BCUT2D eigenvalue weighted by Gasteiger charge is 2.90. The molecular weight excluding hydrogens is 569 g/mol. The number of carboxylic acids is 1. The number of carbonyl (C=O) groups excluding carboxylic acids is 1. The number of halogens is 13. The number of aliphatic hydroxyl groups is 1. The van der Waals surface area contributed by atoms with E-state index in [2.05, 4.69) is 4.74 Å². The van der Waals surface area contributed by atoms with Gasteiger partial charge in [-0.15, -0.1) is 0 Å². The Labute approximate surface area is 203 Å². The van der Waals surface area contributed by atoms with E-state index in [0.29, 0.717) is 0 Å². The summed E-state index contributed by atoms with van der Waals surface area (Å²) in [6.45, 7) is -1.58. The molecule has 0 heterocycles. The normalized spacial score (nSPS) is 14.7. The molecule has 0 bridgehead atoms. The Morgan fingerprint density at radius 1 is 0.763 bits per heavy atom. The monoisotopic (exact) mass is 585 g/mol. The molecule has 0 radical (unpaired) electrons. The highest BCUT2D eigenvalue weighted by atomic mass is 19.4. The predicted octanol–water partition coefficient (Wildman–Crippen LogP) is 5.03. The van der Waals surface area contributed by atoms with Crippen molar-refractivity contribution in [2.24, 2.45) is 0 Å². The number of carboxylic acid groups (broad SMARTS) is 1. The lowest BCUT2D eigenvalue weighted by Crippen LogP contribution is -2.70. The zero-order chi connectivity index (χ0) is 30.0. The second-order valence-electron chi connectivity index (χ2n) is 7.61. The number of alkyl carbamates (subject to hydrolysis) is 1. The second kappa shape index (κ2) is 11.0. The van der Waals surface area contributed by atoms with E-state index in [9.17, 15) is 66.7 Å². The van der Waals surface area contributed by atoms with Gasteiger partial charge in [-0.05, 0) is 17.5 Å². The molecule has 19 heteroatoms. The topological polar surface area (TPSA) is 95.9 Å². The molecule has 1 amide bonds. The predicted molar refractivity (Wildman–Crippen MR) is 97.4 cm³/mol. The standard InChI is InChI=1S/C19H16F13NO5/c20-14(21,15(22,23)16(24,25)17(26,27)18(28,29)19(30,31)32)6-5-9-1-3-10(4-2-9)8-38-13(37)33-11(7-34)12(35)36/h1-4,11,34H,5-8H2,(H,33,37)(H,35,36)/t11-/m1/s1. The molecule has 218 valence electrons. The average molecular weight is 585 g/mol. The van der Waals surface area contributed by atoms with Crippen LogP contribution in [-0.4, -0.2) is 70.7 Å². The lowest BCUT2D eigenvalue weighted by molar-refractivity contribution is -0.440. The van der Waals surface area contributed by atoms with E-state index in [-0.39, 0.29) is 11.1 Å². The van der Waals surface area contributed by atoms with Crippen molar-refractivity contribution in [3.63, 3.8) is 0 Å². The van der Waals surface area contributed by atoms with Crippen LogP contribution in [0.3, 0.4) is 0 Å². The van der Waals surface area contributed by atoms with E-state index in [0.717, 1.165) is 24.3 Å². The van der Waals surface area contributed by atoms with Crippen molar-refractivity contribution in [1.82, 2.24) is 5.32 Å². The molecule has 6 nitrogen and oxygen atoms in total. The van der Waals surface area contributed by atoms with Gasteiger partial charge in [0, 0.05) is 6.42 Å². The first-order chi connectivity index (χ1) is 17.0. The zero-order valence-corrected chi connectivity index (χ0v) is 18.2. The summed E-state index contributed by atoms with van der Waals surface area (Å²) < 4.78 is 175. The number of amides is 1. The Bertz CT molecular complexity index is 980. The van der Waals surface area contributed by atoms with Gasteiger partial charge in [-0.1, -0.05) is 24.3 Å². The number of rotatable bonds is 12. The molecule has 0 aromatic heterocycles. The molecule has 1 rings (SSSR count). The fourth-order valence-corrected chi connectivity index (χ4v) is 2.58. The lowest BCUT2D eigenvalue weighted by atomic mass is 9.91. The first-order valence-corrected chi connectivity index (χ1v) is 9.77. The Morgan fingerprint density at radius 3 is 1.63 bits per heavy atom. The largest absolute Gasteiger partial charge is 0.480 e. The maximum Gasteiger partial charge on any atom is 0.460 e. The zero-order valence-electron chi connectivity index (χ0n) is 18.2. The van der Waals surface area contributed by atoms with Crippen LogP contribution in [0.1, 0.15) is 17.5 Å². The Balaban J connectivity index is 2.93. The van der Waals surface area contributed by atoms with Crippen molar-refractivity contribution in [2.75, 3.05) is 6.61 Å². The third-order valence-corrected chi connectivity index (χ3v) is 4.89.